The lowest BCUT2D eigenvalue weighted by atomic mass is 10.00. The van der Waals surface area contributed by atoms with Crippen molar-refractivity contribution in [1.82, 2.24) is 0 Å². The molecule has 3 rings (SSSR count). The minimum atomic E-state index is 1.15. The zero-order valence-electron chi connectivity index (χ0n) is 11.1. The van der Waals surface area contributed by atoms with E-state index in [1.54, 1.807) is 11.1 Å². The van der Waals surface area contributed by atoms with Gasteiger partial charge in [-0.2, -0.15) is 0 Å². The van der Waals surface area contributed by atoms with Crippen molar-refractivity contribution in [2.45, 2.75) is 39.0 Å². The van der Waals surface area contributed by atoms with E-state index in [0.29, 0.717) is 0 Å². The first kappa shape index (κ1) is 11.5. The molecular formula is C18H20. The lowest BCUT2D eigenvalue weighted by Gasteiger charge is -2.05. The molecule has 0 amide bonds. The molecule has 0 aliphatic heterocycles. The van der Waals surface area contributed by atoms with Crippen LogP contribution in [0.5, 0.6) is 0 Å². The van der Waals surface area contributed by atoms with Crippen molar-refractivity contribution in [2.24, 2.45) is 0 Å². The van der Waals surface area contributed by atoms with Gasteiger partial charge in [0.2, 0.25) is 0 Å². The van der Waals surface area contributed by atoms with Crippen LogP contribution < -0.4 is 0 Å². The second kappa shape index (κ2) is 4.97. The second-order valence-corrected chi connectivity index (χ2v) is 5.44. The normalized spacial score (nSPS) is 13.6. The molecule has 0 nitrogen and oxygen atoms in total. The minimum Gasteiger partial charge on any atom is -0.0591 e. The molecule has 0 aromatic heterocycles. The minimum absolute atomic E-state index is 1.15. The van der Waals surface area contributed by atoms with Crippen LogP contribution in [0.3, 0.4) is 0 Å². The van der Waals surface area contributed by atoms with Gasteiger partial charge in [0.05, 0.1) is 0 Å². The van der Waals surface area contributed by atoms with E-state index in [4.69, 9.17) is 0 Å². The third kappa shape index (κ3) is 2.48. The summed E-state index contributed by atoms with van der Waals surface area (Å²) in [5, 5.41) is 0. The highest BCUT2D eigenvalue weighted by molar-refractivity contribution is 5.35. The average molecular weight is 236 g/mol. The van der Waals surface area contributed by atoms with Gasteiger partial charge < -0.3 is 0 Å². The molecule has 92 valence electrons. The third-order valence-corrected chi connectivity index (χ3v) is 3.99. The Morgan fingerprint density at radius 1 is 0.778 bits per heavy atom. The maximum absolute atomic E-state index is 2.43. The highest BCUT2D eigenvalue weighted by atomic mass is 14.2. The molecule has 18 heavy (non-hydrogen) atoms. The predicted octanol–water partition coefficient (Wildman–Crippen LogP) is 4.27. The summed E-state index contributed by atoms with van der Waals surface area (Å²) in [6.07, 6.45) is 6.23. The molecule has 0 heteroatoms. The number of rotatable bonds is 3. The van der Waals surface area contributed by atoms with Crippen molar-refractivity contribution in [1.29, 1.82) is 0 Å². The molecule has 0 heterocycles. The fraction of sp³-hybridized carbons (Fsp3) is 0.333. The van der Waals surface area contributed by atoms with E-state index >= 15 is 0 Å². The molecule has 2 aromatic rings. The summed E-state index contributed by atoms with van der Waals surface area (Å²) in [4.78, 5) is 0. The standard InChI is InChI=1S/C18H20/c1-14-5-7-15(8-6-14)9-10-16-11-12-17-3-2-4-18(17)13-16/h5-8,11-13H,2-4,9-10H2,1H3. The van der Waals surface area contributed by atoms with Crippen molar-refractivity contribution in [2.75, 3.05) is 0 Å². The lowest BCUT2D eigenvalue weighted by Crippen LogP contribution is -1.93. The summed E-state index contributed by atoms with van der Waals surface area (Å²) in [5.74, 6) is 0. The van der Waals surface area contributed by atoms with Crippen LogP contribution in [0, 0.1) is 6.92 Å². The number of hydrogen-bond donors (Lipinski definition) is 0. The summed E-state index contributed by atoms with van der Waals surface area (Å²) in [5.41, 5.74) is 7.46. The van der Waals surface area contributed by atoms with Crippen LogP contribution in [0.4, 0.5) is 0 Å². The Hall–Kier alpha value is -1.56. The lowest BCUT2D eigenvalue weighted by molar-refractivity contribution is 0.910. The van der Waals surface area contributed by atoms with Gasteiger partial charge in [-0.15, -0.1) is 0 Å². The molecule has 2 aromatic carbocycles. The molecule has 1 aliphatic rings. The number of benzene rings is 2. The Morgan fingerprint density at radius 3 is 2.28 bits per heavy atom. The maximum atomic E-state index is 2.43. The van der Waals surface area contributed by atoms with Crippen molar-refractivity contribution < 1.29 is 0 Å². The Labute approximate surface area is 110 Å². The van der Waals surface area contributed by atoms with Gasteiger partial charge in [-0.05, 0) is 61.3 Å². The monoisotopic (exact) mass is 236 g/mol. The van der Waals surface area contributed by atoms with Crippen molar-refractivity contribution in [3.05, 3.63) is 70.3 Å². The Kier molecular flexibility index (Phi) is 3.19. The zero-order valence-corrected chi connectivity index (χ0v) is 11.1. The van der Waals surface area contributed by atoms with Gasteiger partial charge in [-0.25, -0.2) is 0 Å². The summed E-state index contributed by atoms with van der Waals surface area (Å²) < 4.78 is 0. The maximum Gasteiger partial charge on any atom is -0.0238 e. The van der Waals surface area contributed by atoms with Crippen molar-refractivity contribution >= 4 is 0 Å². The highest BCUT2D eigenvalue weighted by Crippen LogP contribution is 2.23. The number of aryl methyl sites for hydroxylation is 5. The fourth-order valence-corrected chi connectivity index (χ4v) is 2.82. The van der Waals surface area contributed by atoms with Crippen LogP contribution in [0.1, 0.15) is 34.2 Å². The van der Waals surface area contributed by atoms with Gasteiger partial charge in [-0.1, -0.05) is 48.0 Å². The first-order valence-corrected chi connectivity index (χ1v) is 6.97. The molecule has 0 radical (unpaired) electrons. The summed E-state index contributed by atoms with van der Waals surface area (Å²) in [7, 11) is 0. The van der Waals surface area contributed by atoms with Gasteiger partial charge in [-0.3, -0.25) is 0 Å². The van der Waals surface area contributed by atoms with Gasteiger partial charge in [0.25, 0.3) is 0 Å². The van der Waals surface area contributed by atoms with Crippen LogP contribution >= 0.6 is 0 Å². The van der Waals surface area contributed by atoms with E-state index in [2.05, 4.69) is 49.4 Å². The molecule has 0 atom stereocenters. The molecule has 0 saturated carbocycles. The van der Waals surface area contributed by atoms with Gasteiger partial charge in [0.15, 0.2) is 0 Å². The molecule has 0 unspecified atom stereocenters. The Morgan fingerprint density at radius 2 is 1.44 bits per heavy atom. The summed E-state index contributed by atoms with van der Waals surface area (Å²) in [6.45, 7) is 2.14. The molecule has 0 N–H and O–H groups in total. The summed E-state index contributed by atoms with van der Waals surface area (Å²) >= 11 is 0. The van der Waals surface area contributed by atoms with Crippen LogP contribution in [-0.2, 0) is 25.7 Å². The van der Waals surface area contributed by atoms with E-state index in [9.17, 15) is 0 Å². The molecule has 0 spiro atoms. The third-order valence-electron chi connectivity index (χ3n) is 3.99. The van der Waals surface area contributed by atoms with Crippen LogP contribution in [0.25, 0.3) is 0 Å². The van der Waals surface area contributed by atoms with E-state index in [-0.39, 0.29) is 0 Å². The second-order valence-electron chi connectivity index (χ2n) is 5.44. The van der Waals surface area contributed by atoms with Crippen molar-refractivity contribution in [3.8, 4) is 0 Å². The molecule has 0 bridgehead atoms. The van der Waals surface area contributed by atoms with E-state index in [1.807, 2.05) is 0 Å². The van der Waals surface area contributed by atoms with Gasteiger partial charge in [0.1, 0.15) is 0 Å². The quantitative estimate of drug-likeness (QED) is 0.746. The Bertz CT molecular complexity index is 534. The highest BCUT2D eigenvalue weighted by Gasteiger charge is 2.10. The molecule has 1 aliphatic carbocycles. The average Bonchev–Trinajstić information content (AvgIpc) is 2.85. The SMILES string of the molecule is Cc1ccc(CCc2ccc3c(c2)CCC3)cc1. The zero-order chi connectivity index (χ0) is 12.4. The predicted molar refractivity (Wildman–Crippen MR) is 77.1 cm³/mol. The molecule has 0 saturated heterocycles. The number of hydrogen-bond acceptors (Lipinski definition) is 0. The van der Waals surface area contributed by atoms with Gasteiger partial charge in [0, 0.05) is 0 Å². The van der Waals surface area contributed by atoms with E-state index in [0.717, 1.165) is 12.8 Å². The van der Waals surface area contributed by atoms with E-state index in [1.165, 1.54) is 36.0 Å². The topological polar surface area (TPSA) is 0 Å². The fourth-order valence-electron chi connectivity index (χ4n) is 2.82. The van der Waals surface area contributed by atoms with Gasteiger partial charge >= 0.3 is 0 Å². The first-order valence-electron chi connectivity index (χ1n) is 6.97. The van der Waals surface area contributed by atoms with Crippen LogP contribution in [-0.4, -0.2) is 0 Å². The molecule has 0 fully saturated rings. The smallest absolute Gasteiger partial charge is 0.0238 e. The first-order chi connectivity index (χ1) is 8.81. The molecular weight excluding hydrogens is 216 g/mol. The number of fused-ring (bicyclic) bond motifs is 1. The Balaban J connectivity index is 1.68. The van der Waals surface area contributed by atoms with E-state index < -0.39 is 0 Å². The summed E-state index contributed by atoms with van der Waals surface area (Å²) in [6, 6.07) is 16.0. The van der Waals surface area contributed by atoms with Crippen LogP contribution in [0.15, 0.2) is 42.5 Å². The van der Waals surface area contributed by atoms with Crippen molar-refractivity contribution in [3.63, 3.8) is 0 Å². The van der Waals surface area contributed by atoms with Crippen LogP contribution in [0.2, 0.25) is 0 Å². The largest absolute Gasteiger partial charge is 0.0591 e.